The molecule has 3 nitrogen and oxygen atoms in total. The van der Waals surface area contributed by atoms with Crippen molar-refractivity contribution in [2.45, 2.75) is 24.4 Å². The number of rotatable bonds is 2. The summed E-state index contributed by atoms with van der Waals surface area (Å²) in [6.07, 6.45) is 0. The van der Waals surface area contributed by atoms with Gasteiger partial charge in [0.1, 0.15) is 17.2 Å². The second kappa shape index (κ2) is 4.77. The van der Waals surface area contributed by atoms with Crippen molar-refractivity contribution in [2.75, 3.05) is 0 Å². The van der Waals surface area contributed by atoms with Crippen LogP contribution in [0.25, 0.3) is 0 Å². The van der Waals surface area contributed by atoms with E-state index < -0.39 is 5.50 Å². The summed E-state index contributed by atoms with van der Waals surface area (Å²) in [6.45, 7) is 3.52. The van der Waals surface area contributed by atoms with Crippen LogP contribution in [0.15, 0.2) is 11.1 Å². The minimum atomic E-state index is -1.69. The van der Waals surface area contributed by atoms with Crippen LogP contribution >= 0.6 is 11.8 Å². The Bertz CT molecular complexity index is 459. The van der Waals surface area contributed by atoms with Crippen LogP contribution < -0.4 is 0 Å². The highest BCUT2D eigenvalue weighted by Gasteiger charge is 2.14. The van der Waals surface area contributed by atoms with Crippen molar-refractivity contribution in [1.82, 2.24) is 4.98 Å². The SMILES string of the molecule is Cc1cc(C)c(C#N)c(SC(F)C#N)n1. The van der Waals surface area contributed by atoms with Crippen LogP contribution in [0.3, 0.4) is 0 Å². The van der Waals surface area contributed by atoms with Crippen molar-refractivity contribution in [1.29, 1.82) is 10.5 Å². The lowest BCUT2D eigenvalue weighted by molar-refractivity contribution is 0.527. The smallest absolute Gasteiger partial charge is 0.237 e. The molecule has 1 unspecified atom stereocenters. The molecule has 0 fully saturated rings. The van der Waals surface area contributed by atoms with E-state index in [0.717, 1.165) is 5.56 Å². The first-order valence-corrected chi connectivity index (χ1v) is 5.05. The van der Waals surface area contributed by atoms with Gasteiger partial charge in [-0.2, -0.15) is 10.5 Å². The molecule has 76 valence electrons. The first-order chi connectivity index (χ1) is 7.08. The zero-order valence-electron chi connectivity index (χ0n) is 8.28. The van der Waals surface area contributed by atoms with Crippen LogP contribution in [0.2, 0.25) is 0 Å². The maximum atomic E-state index is 12.8. The summed E-state index contributed by atoms with van der Waals surface area (Å²) in [5.41, 5.74) is 0.103. The third-order valence-corrected chi connectivity index (χ3v) is 2.57. The molecule has 0 spiro atoms. The summed E-state index contributed by atoms with van der Waals surface area (Å²) in [6, 6.07) is 5.16. The largest absolute Gasteiger partial charge is 0.245 e. The molecule has 1 atom stereocenters. The second-order valence-corrected chi connectivity index (χ2v) is 3.97. The number of thioether (sulfide) groups is 1. The lowest BCUT2D eigenvalue weighted by atomic mass is 10.1. The van der Waals surface area contributed by atoms with Crippen LogP contribution in [0.1, 0.15) is 16.8 Å². The summed E-state index contributed by atoms with van der Waals surface area (Å²) in [7, 11) is 0. The fraction of sp³-hybridized carbons (Fsp3) is 0.300. The van der Waals surface area contributed by atoms with E-state index in [2.05, 4.69) is 4.98 Å². The maximum Gasteiger partial charge on any atom is 0.237 e. The van der Waals surface area contributed by atoms with E-state index in [9.17, 15) is 4.39 Å². The normalized spacial score (nSPS) is 11.5. The predicted molar refractivity (Wildman–Crippen MR) is 54.8 cm³/mol. The summed E-state index contributed by atoms with van der Waals surface area (Å²) in [5.74, 6) is 0. The van der Waals surface area contributed by atoms with Crippen molar-refractivity contribution in [3.8, 4) is 12.1 Å². The van der Waals surface area contributed by atoms with Gasteiger partial charge in [-0.05, 0) is 25.5 Å². The van der Waals surface area contributed by atoms with Crippen LogP contribution in [0, 0.1) is 36.5 Å². The van der Waals surface area contributed by atoms with Gasteiger partial charge < -0.3 is 0 Å². The Morgan fingerprint density at radius 1 is 1.47 bits per heavy atom. The fourth-order valence-electron chi connectivity index (χ4n) is 1.15. The quantitative estimate of drug-likeness (QED) is 0.720. The molecule has 15 heavy (non-hydrogen) atoms. The Morgan fingerprint density at radius 3 is 2.67 bits per heavy atom. The Morgan fingerprint density at radius 2 is 2.13 bits per heavy atom. The standard InChI is InChI=1S/C10H8FN3S/c1-6-3-7(2)14-10(8(6)4-12)15-9(11)5-13/h3,9H,1-2H3. The van der Waals surface area contributed by atoms with Gasteiger partial charge >= 0.3 is 0 Å². The number of pyridine rings is 1. The van der Waals surface area contributed by atoms with Gasteiger partial charge in [0.05, 0.1) is 5.56 Å². The molecule has 1 rings (SSSR count). The van der Waals surface area contributed by atoms with E-state index in [1.807, 2.05) is 6.07 Å². The number of aryl methyl sites for hydroxylation is 2. The van der Waals surface area contributed by atoms with E-state index >= 15 is 0 Å². The third-order valence-electron chi connectivity index (χ3n) is 1.74. The molecular formula is C10H8FN3S. The van der Waals surface area contributed by atoms with E-state index in [1.54, 1.807) is 19.9 Å². The number of nitriles is 2. The molecule has 0 aromatic carbocycles. The molecule has 0 N–H and O–H groups in total. The van der Waals surface area contributed by atoms with Gasteiger partial charge in [-0.3, -0.25) is 0 Å². The molecule has 0 bridgehead atoms. The first-order valence-electron chi connectivity index (χ1n) is 4.17. The lowest BCUT2D eigenvalue weighted by Crippen LogP contribution is -1.97. The molecule has 0 radical (unpaired) electrons. The number of aromatic nitrogens is 1. The zero-order valence-corrected chi connectivity index (χ0v) is 9.10. The average molecular weight is 221 g/mol. The molecule has 1 heterocycles. The Kier molecular flexibility index (Phi) is 3.65. The van der Waals surface area contributed by atoms with Gasteiger partial charge in [-0.1, -0.05) is 11.8 Å². The molecular weight excluding hydrogens is 213 g/mol. The topological polar surface area (TPSA) is 60.5 Å². The van der Waals surface area contributed by atoms with E-state index in [1.165, 1.54) is 6.07 Å². The van der Waals surface area contributed by atoms with Crippen LogP contribution in [-0.2, 0) is 0 Å². The Hall–Kier alpha value is -1.59. The Balaban J connectivity index is 3.18. The lowest BCUT2D eigenvalue weighted by Gasteiger charge is -2.06. The van der Waals surface area contributed by atoms with Crippen LogP contribution in [0.5, 0.6) is 0 Å². The highest BCUT2D eigenvalue weighted by Crippen LogP contribution is 2.27. The molecule has 0 aliphatic rings. The zero-order chi connectivity index (χ0) is 11.4. The monoisotopic (exact) mass is 221 g/mol. The molecule has 1 aromatic rings. The summed E-state index contributed by atoms with van der Waals surface area (Å²) >= 11 is 0.662. The first kappa shape index (κ1) is 11.5. The molecule has 0 aliphatic heterocycles. The number of alkyl halides is 1. The van der Waals surface area contributed by atoms with Gasteiger partial charge in [0, 0.05) is 5.69 Å². The van der Waals surface area contributed by atoms with Crippen LogP contribution in [0.4, 0.5) is 4.39 Å². The van der Waals surface area contributed by atoms with Gasteiger partial charge in [-0.25, -0.2) is 9.37 Å². The molecule has 0 aliphatic carbocycles. The number of hydrogen-bond donors (Lipinski definition) is 0. The van der Waals surface area contributed by atoms with E-state index in [0.29, 0.717) is 23.0 Å². The minimum Gasteiger partial charge on any atom is -0.245 e. The summed E-state index contributed by atoms with van der Waals surface area (Å²) in [5, 5.41) is 17.5. The fourth-order valence-corrected chi connectivity index (χ4v) is 1.92. The maximum absolute atomic E-state index is 12.8. The van der Waals surface area contributed by atoms with E-state index in [4.69, 9.17) is 10.5 Å². The predicted octanol–water partition coefficient (Wildman–Crippen LogP) is 2.48. The van der Waals surface area contributed by atoms with Crippen molar-refractivity contribution < 1.29 is 4.39 Å². The molecule has 0 saturated heterocycles. The number of nitrogens with zero attached hydrogens (tertiary/aromatic N) is 3. The average Bonchev–Trinajstić information content (AvgIpc) is 2.17. The second-order valence-electron chi connectivity index (χ2n) is 2.94. The summed E-state index contributed by atoms with van der Waals surface area (Å²) < 4.78 is 12.8. The van der Waals surface area contributed by atoms with Gasteiger partial charge in [0.15, 0.2) is 0 Å². The van der Waals surface area contributed by atoms with Crippen molar-refractivity contribution in [3.63, 3.8) is 0 Å². The van der Waals surface area contributed by atoms with Crippen molar-refractivity contribution in [3.05, 3.63) is 22.9 Å². The van der Waals surface area contributed by atoms with Gasteiger partial charge in [0.2, 0.25) is 5.50 Å². The number of halogens is 1. The van der Waals surface area contributed by atoms with Gasteiger partial charge in [-0.15, -0.1) is 0 Å². The highest BCUT2D eigenvalue weighted by atomic mass is 32.2. The molecule has 5 heteroatoms. The van der Waals surface area contributed by atoms with Gasteiger partial charge in [0.25, 0.3) is 0 Å². The van der Waals surface area contributed by atoms with Crippen molar-refractivity contribution in [2.24, 2.45) is 0 Å². The molecule has 0 amide bonds. The van der Waals surface area contributed by atoms with E-state index in [-0.39, 0.29) is 5.03 Å². The summed E-state index contributed by atoms with van der Waals surface area (Å²) in [4.78, 5) is 4.04. The highest BCUT2D eigenvalue weighted by molar-refractivity contribution is 8.00. The minimum absolute atomic E-state index is 0.282. The van der Waals surface area contributed by atoms with Crippen LogP contribution in [-0.4, -0.2) is 10.5 Å². The molecule has 0 saturated carbocycles. The third kappa shape index (κ3) is 2.68. The van der Waals surface area contributed by atoms with Crippen molar-refractivity contribution >= 4 is 11.8 Å². The molecule has 1 aromatic heterocycles. The Labute approximate surface area is 91.5 Å². The number of hydrogen-bond acceptors (Lipinski definition) is 4.